The summed E-state index contributed by atoms with van der Waals surface area (Å²) in [7, 11) is -3.54. The van der Waals surface area contributed by atoms with Gasteiger partial charge in [-0.3, -0.25) is 4.79 Å². The van der Waals surface area contributed by atoms with Crippen LogP contribution >= 0.6 is 0 Å². The Bertz CT molecular complexity index is 1030. The van der Waals surface area contributed by atoms with Gasteiger partial charge in [-0.25, -0.2) is 8.42 Å². The van der Waals surface area contributed by atoms with E-state index >= 15 is 0 Å². The van der Waals surface area contributed by atoms with Crippen molar-refractivity contribution in [2.45, 2.75) is 57.9 Å². The number of nitrogens with zero attached hydrogens (tertiary/aromatic N) is 1. The Labute approximate surface area is 192 Å². The Hall–Kier alpha value is -2.38. The molecular formula is C25H34N2O4S. The van der Waals surface area contributed by atoms with E-state index in [1.165, 1.54) is 4.31 Å². The fourth-order valence-electron chi connectivity index (χ4n) is 4.00. The summed E-state index contributed by atoms with van der Waals surface area (Å²) in [6, 6.07) is 13.2. The number of carbonyl (C=O) groups excluding carboxylic acids is 1. The van der Waals surface area contributed by atoms with E-state index in [2.05, 4.69) is 12.2 Å². The molecule has 1 heterocycles. The largest absolute Gasteiger partial charge is 0.494 e. The summed E-state index contributed by atoms with van der Waals surface area (Å²) in [4.78, 5) is 13.0. The molecule has 174 valence electrons. The third-order valence-corrected chi connectivity index (χ3v) is 7.96. The molecule has 6 nitrogen and oxygen atoms in total. The molecule has 0 saturated carbocycles. The fraction of sp³-hybridized carbons (Fsp3) is 0.480. The Morgan fingerprint density at radius 1 is 1.12 bits per heavy atom. The molecule has 1 fully saturated rings. The molecule has 1 amide bonds. The second kappa shape index (κ2) is 11.0. The molecule has 1 N–H and O–H groups in total. The van der Waals surface area contributed by atoms with Crippen LogP contribution in [0.5, 0.6) is 5.75 Å². The minimum atomic E-state index is -3.54. The van der Waals surface area contributed by atoms with Crippen LogP contribution in [0.2, 0.25) is 0 Å². The van der Waals surface area contributed by atoms with Crippen molar-refractivity contribution in [1.29, 1.82) is 0 Å². The number of benzene rings is 2. The first-order valence-electron chi connectivity index (χ1n) is 11.4. The highest BCUT2D eigenvalue weighted by atomic mass is 32.2. The molecule has 0 spiro atoms. The first kappa shape index (κ1) is 24.3. The van der Waals surface area contributed by atoms with Crippen LogP contribution in [-0.2, 0) is 21.4 Å². The number of ether oxygens (including phenoxy) is 1. The average molecular weight is 459 g/mol. The summed E-state index contributed by atoms with van der Waals surface area (Å²) in [6.45, 7) is 7.73. The van der Waals surface area contributed by atoms with Crippen molar-refractivity contribution >= 4 is 15.9 Å². The molecule has 0 bridgehead atoms. The summed E-state index contributed by atoms with van der Waals surface area (Å²) in [5.74, 6) is 0.616. The van der Waals surface area contributed by atoms with Crippen LogP contribution in [0, 0.1) is 19.8 Å². The molecular weight excluding hydrogens is 424 g/mol. The van der Waals surface area contributed by atoms with Gasteiger partial charge in [0.15, 0.2) is 0 Å². The molecule has 1 saturated heterocycles. The van der Waals surface area contributed by atoms with Crippen LogP contribution < -0.4 is 10.1 Å². The van der Waals surface area contributed by atoms with E-state index in [0.717, 1.165) is 35.3 Å². The number of amides is 1. The van der Waals surface area contributed by atoms with E-state index in [4.69, 9.17) is 4.74 Å². The van der Waals surface area contributed by atoms with Gasteiger partial charge in [0.1, 0.15) is 5.75 Å². The van der Waals surface area contributed by atoms with E-state index in [9.17, 15) is 13.2 Å². The molecule has 0 unspecified atom stereocenters. The zero-order chi connectivity index (χ0) is 23.1. The number of hydrogen-bond donors (Lipinski definition) is 1. The summed E-state index contributed by atoms with van der Waals surface area (Å²) in [5.41, 5.74) is 2.78. The van der Waals surface area contributed by atoms with Crippen LogP contribution in [0.4, 0.5) is 0 Å². The number of sulfonamides is 1. The van der Waals surface area contributed by atoms with Gasteiger partial charge in [0.05, 0.1) is 11.5 Å². The standard InChI is InChI=1S/C25H34N2O4S/c1-4-5-15-31-23-8-6-7-21(17-23)18-26-25(28)22-11-13-27(14-12-22)32(29,30)24-10-9-19(2)16-20(24)3/h6-10,16-17,22H,4-5,11-15,18H2,1-3H3,(H,26,28). The van der Waals surface area contributed by atoms with E-state index in [-0.39, 0.29) is 11.8 Å². The van der Waals surface area contributed by atoms with E-state index in [0.29, 0.717) is 44.0 Å². The van der Waals surface area contributed by atoms with Crippen LogP contribution in [-0.4, -0.2) is 38.3 Å². The maximum absolute atomic E-state index is 13.0. The highest BCUT2D eigenvalue weighted by Gasteiger charge is 2.32. The van der Waals surface area contributed by atoms with Gasteiger partial charge in [-0.15, -0.1) is 0 Å². The van der Waals surface area contributed by atoms with Crippen LogP contribution in [0.15, 0.2) is 47.4 Å². The third-order valence-electron chi connectivity index (χ3n) is 5.90. The molecule has 2 aromatic rings. The first-order valence-corrected chi connectivity index (χ1v) is 12.8. The highest BCUT2D eigenvalue weighted by molar-refractivity contribution is 7.89. The summed E-state index contributed by atoms with van der Waals surface area (Å²) in [5, 5.41) is 3.00. The molecule has 3 rings (SSSR count). The molecule has 0 aliphatic carbocycles. The van der Waals surface area contributed by atoms with Crippen molar-refractivity contribution in [2.24, 2.45) is 5.92 Å². The van der Waals surface area contributed by atoms with Crippen LogP contribution in [0.3, 0.4) is 0 Å². The smallest absolute Gasteiger partial charge is 0.243 e. The zero-order valence-electron chi connectivity index (χ0n) is 19.3. The SMILES string of the molecule is CCCCOc1cccc(CNC(=O)C2CCN(S(=O)(=O)c3ccc(C)cc3C)CC2)c1. The number of nitrogens with one attached hydrogen (secondary N) is 1. The minimum absolute atomic E-state index is 0.0223. The average Bonchev–Trinajstić information content (AvgIpc) is 2.78. The molecule has 0 radical (unpaired) electrons. The predicted octanol–water partition coefficient (Wildman–Crippen LogP) is 4.20. The number of rotatable bonds is 9. The van der Waals surface area contributed by atoms with Crippen molar-refractivity contribution in [2.75, 3.05) is 19.7 Å². The predicted molar refractivity (Wildman–Crippen MR) is 126 cm³/mol. The van der Waals surface area contributed by atoms with E-state index in [1.54, 1.807) is 6.07 Å². The van der Waals surface area contributed by atoms with E-state index < -0.39 is 10.0 Å². The lowest BCUT2D eigenvalue weighted by Crippen LogP contribution is -2.43. The lowest BCUT2D eigenvalue weighted by Gasteiger charge is -2.31. The molecule has 0 atom stereocenters. The highest BCUT2D eigenvalue weighted by Crippen LogP contribution is 2.26. The van der Waals surface area contributed by atoms with Gasteiger partial charge >= 0.3 is 0 Å². The van der Waals surface area contributed by atoms with Crippen LogP contribution in [0.25, 0.3) is 0 Å². The fourth-order valence-corrected chi connectivity index (χ4v) is 5.67. The normalized spacial score (nSPS) is 15.5. The lowest BCUT2D eigenvalue weighted by molar-refractivity contribution is -0.126. The van der Waals surface area contributed by atoms with Crippen molar-refractivity contribution in [3.63, 3.8) is 0 Å². The van der Waals surface area contributed by atoms with Gasteiger partial charge in [0, 0.05) is 25.6 Å². The Kier molecular flexibility index (Phi) is 8.32. The van der Waals surface area contributed by atoms with Crippen molar-refractivity contribution in [3.8, 4) is 5.75 Å². The number of piperidine rings is 1. The molecule has 1 aliphatic heterocycles. The van der Waals surface area contributed by atoms with Gasteiger partial charge in [-0.05, 0) is 62.4 Å². The van der Waals surface area contributed by atoms with Gasteiger partial charge in [0.25, 0.3) is 0 Å². The zero-order valence-corrected chi connectivity index (χ0v) is 20.1. The van der Waals surface area contributed by atoms with Gasteiger partial charge < -0.3 is 10.1 Å². The van der Waals surface area contributed by atoms with Crippen LogP contribution in [0.1, 0.15) is 49.3 Å². The summed E-state index contributed by atoms with van der Waals surface area (Å²) in [6.07, 6.45) is 3.14. The van der Waals surface area contributed by atoms with Crippen molar-refractivity contribution in [1.82, 2.24) is 9.62 Å². The number of unbranched alkanes of at least 4 members (excludes halogenated alkanes) is 1. The minimum Gasteiger partial charge on any atom is -0.494 e. The number of aryl methyl sites for hydroxylation is 2. The summed E-state index contributed by atoms with van der Waals surface area (Å²) < 4.78 is 33.3. The Morgan fingerprint density at radius 2 is 1.88 bits per heavy atom. The van der Waals surface area contributed by atoms with Gasteiger partial charge in [-0.2, -0.15) is 4.31 Å². The second-order valence-corrected chi connectivity index (χ2v) is 10.4. The maximum atomic E-state index is 13.0. The summed E-state index contributed by atoms with van der Waals surface area (Å²) >= 11 is 0. The van der Waals surface area contributed by atoms with Crippen molar-refractivity contribution < 1.29 is 17.9 Å². The second-order valence-electron chi connectivity index (χ2n) is 8.51. The topological polar surface area (TPSA) is 75.7 Å². The van der Waals surface area contributed by atoms with Gasteiger partial charge in [0.2, 0.25) is 15.9 Å². The monoisotopic (exact) mass is 458 g/mol. The van der Waals surface area contributed by atoms with E-state index in [1.807, 2.05) is 50.2 Å². The number of hydrogen-bond acceptors (Lipinski definition) is 4. The molecule has 0 aromatic heterocycles. The third kappa shape index (κ3) is 6.11. The maximum Gasteiger partial charge on any atom is 0.243 e. The van der Waals surface area contributed by atoms with Gasteiger partial charge in [-0.1, -0.05) is 43.2 Å². The Morgan fingerprint density at radius 3 is 2.56 bits per heavy atom. The first-order chi connectivity index (χ1) is 15.3. The molecule has 1 aliphatic rings. The molecule has 2 aromatic carbocycles. The lowest BCUT2D eigenvalue weighted by atomic mass is 9.97. The molecule has 32 heavy (non-hydrogen) atoms. The number of carbonyl (C=O) groups is 1. The van der Waals surface area contributed by atoms with Crippen molar-refractivity contribution in [3.05, 3.63) is 59.2 Å². The molecule has 7 heteroatoms. The quantitative estimate of drug-likeness (QED) is 0.572. The Balaban J connectivity index is 1.52.